The van der Waals surface area contributed by atoms with Crippen molar-refractivity contribution in [2.75, 3.05) is 6.61 Å². The average Bonchev–Trinajstić information content (AvgIpc) is 2.30. The molecule has 20 heavy (non-hydrogen) atoms. The highest BCUT2D eigenvalue weighted by Crippen LogP contribution is 2.27. The molecule has 1 aromatic carbocycles. The van der Waals surface area contributed by atoms with Gasteiger partial charge in [0.15, 0.2) is 0 Å². The number of hydrogen-bond donors (Lipinski definition) is 1. The van der Waals surface area contributed by atoms with Crippen molar-refractivity contribution in [3.8, 4) is 0 Å². The van der Waals surface area contributed by atoms with Gasteiger partial charge in [0.05, 0.1) is 15.5 Å². The van der Waals surface area contributed by atoms with Crippen LogP contribution < -0.4 is 4.72 Å². The summed E-state index contributed by atoms with van der Waals surface area (Å²) in [5.74, 6) is 0. The quantitative estimate of drug-likeness (QED) is 0.872. The summed E-state index contributed by atoms with van der Waals surface area (Å²) in [4.78, 5) is 0.207. The van der Waals surface area contributed by atoms with E-state index in [9.17, 15) is 8.42 Å². The van der Waals surface area contributed by atoms with Gasteiger partial charge in [0, 0.05) is 17.1 Å². The van der Waals surface area contributed by atoms with Crippen LogP contribution in [0.5, 0.6) is 0 Å². The zero-order valence-electron chi connectivity index (χ0n) is 11.3. The largest absolute Gasteiger partial charge is 0.375 e. The van der Waals surface area contributed by atoms with Crippen LogP contribution >= 0.6 is 27.5 Å². The van der Waals surface area contributed by atoms with E-state index >= 15 is 0 Å². The fourth-order valence-electron chi connectivity index (χ4n) is 2.26. The third kappa shape index (κ3) is 3.95. The number of benzene rings is 1. The van der Waals surface area contributed by atoms with Crippen molar-refractivity contribution in [1.29, 1.82) is 0 Å². The van der Waals surface area contributed by atoms with E-state index in [1.54, 1.807) is 6.07 Å². The minimum atomic E-state index is -3.54. The Bertz CT molecular complexity index is 604. The van der Waals surface area contributed by atoms with E-state index in [4.69, 9.17) is 16.3 Å². The second kappa shape index (κ2) is 5.93. The number of rotatable bonds is 3. The van der Waals surface area contributed by atoms with Gasteiger partial charge in [-0.25, -0.2) is 13.1 Å². The Hall–Kier alpha value is -0.140. The highest BCUT2D eigenvalue weighted by molar-refractivity contribution is 9.10. The van der Waals surface area contributed by atoms with Gasteiger partial charge in [0.1, 0.15) is 0 Å². The van der Waals surface area contributed by atoms with Crippen LogP contribution in [-0.2, 0) is 14.8 Å². The van der Waals surface area contributed by atoms with Gasteiger partial charge in [-0.3, -0.25) is 0 Å². The molecule has 0 aromatic heterocycles. The molecule has 0 saturated carbocycles. The average molecular weight is 383 g/mol. The second-order valence-corrected chi connectivity index (χ2v) is 8.47. The molecule has 1 unspecified atom stereocenters. The van der Waals surface area contributed by atoms with Crippen LogP contribution in [0.4, 0.5) is 0 Å². The lowest BCUT2D eigenvalue weighted by Crippen LogP contribution is -2.45. The van der Waals surface area contributed by atoms with E-state index in [1.165, 1.54) is 12.1 Å². The van der Waals surface area contributed by atoms with E-state index < -0.39 is 10.0 Å². The molecule has 1 N–H and O–H groups in total. The second-order valence-electron chi connectivity index (χ2n) is 5.50. The molecule has 1 fully saturated rings. The summed E-state index contributed by atoms with van der Waals surface area (Å²) < 4.78 is 33.6. The van der Waals surface area contributed by atoms with Crippen LogP contribution in [0.25, 0.3) is 0 Å². The number of sulfonamides is 1. The van der Waals surface area contributed by atoms with Crippen LogP contribution in [0.3, 0.4) is 0 Å². The smallest absolute Gasteiger partial charge is 0.240 e. The molecular weight excluding hydrogens is 366 g/mol. The lowest BCUT2D eigenvalue weighted by molar-refractivity contribution is -0.0599. The SMILES string of the molecule is CC1(C)CC(NS(=O)(=O)c2ccc(Cl)c(Br)c2)CCO1. The summed E-state index contributed by atoms with van der Waals surface area (Å²) in [7, 11) is -3.54. The van der Waals surface area contributed by atoms with Gasteiger partial charge in [-0.05, 0) is 60.8 Å². The van der Waals surface area contributed by atoms with Gasteiger partial charge in [0.2, 0.25) is 10.0 Å². The summed E-state index contributed by atoms with van der Waals surface area (Å²) in [5.41, 5.74) is -0.300. The minimum Gasteiger partial charge on any atom is -0.375 e. The van der Waals surface area contributed by atoms with Gasteiger partial charge in [-0.2, -0.15) is 0 Å². The molecule has 0 radical (unpaired) electrons. The topological polar surface area (TPSA) is 55.4 Å². The van der Waals surface area contributed by atoms with Crippen LogP contribution in [0, 0.1) is 0 Å². The van der Waals surface area contributed by atoms with E-state index in [0.29, 0.717) is 28.9 Å². The Morgan fingerprint density at radius 2 is 2.15 bits per heavy atom. The van der Waals surface area contributed by atoms with Gasteiger partial charge in [0.25, 0.3) is 0 Å². The maximum atomic E-state index is 12.4. The first-order valence-electron chi connectivity index (χ1n) is 6.31. The molecule has 0 amide bonds. The molecule has 2 rings (SSSR count). The summed E-state index contributed by atoms with van der Waals surface area (Å²) in [6.07, 6.45) is 1.33. The van der Waals surface area contributed by atoms with E-state index in [-0.39, 0.29) is 16.5 Å². The normalized spacial score (nSPS) is 22.7. The molecule has 1 aliphatic rings. The Balaban J connectivity index is 2.16. The Labute approximate surface area is 133 Å². The number of halogens is 2. The molecule has 1 aromatic rings. The van der Waals surface area contributed by atoms with Crippen molar-refractivity contribution in [3.05, 3.63) is 27.7 Å². The first kappa shape index (κ1) is 16.2. The van der Waals surface area contributed by atoms with Crippen molar-refractivity contribution < 1.29 is 13.2 Å². The summed E-state index contributed by atoms with van der Waals surface area (Å²) in [6.45, 7) is 4.49. The summed E-state index contributed by atoms with van der Waals surface area (Å²) in [5, 5.41) is 0.483. The lowest BCUT2D eigenvalue weighted by atomic mass is 9.95. The van der Waals surface area contributed by atoms with E-state index in [0.717, 1.165) is 0 Å². The van der Waals surface area contributed by atoms with Crippen molar-refractivity contribution in [2.24, 2.45) is 0 Å². The number of hydrogen-bond acceptors (Lipinski definition) is 3. The molecular formula is C13H17BrClNO3S. The van der Waals surface area contributed by atoms with Gasteiger partial charge in [-0.1, -0.05) is 11.6 Å². The molecule has 4 nitrogen and oxygen atoms in total. The zero-order chi connectivity index (χ0) is 15.0. The molecule has 7 heteroatoms. The zero-order valence-corrected chi connectivity index (χ0v) is 14.5. The van der Waals surface area contributed by atoms with Crippen LogP contribution in [0.1, 0.15) is 26.7 Å². The fraction of sp³-hybridized carbons (Fsp3) is 0.538. The van der Waals surface area contributed by atoms with Gasteiger partial charge in [-0.15, -0.1) is 0 Å². The molecule has 1 saturated heterocycles. The third-order valence-corrected chi connectivity index (χ3v) is 5.95. The van der Waals surface area contributed by atoms with Crippen molar-refractivity contribution >= 4 is 37.6 Å². The molecule has 1 aliphatic heterocycles. The number of ether oxygens (including phenoxy) is 1. The van der Waals surface area contributed by atoms with Gasteiger partial charge < -0.3 is 4.74 Å². The van der Waals surface area contributed by atoms with Gasteiger partial charge >= 0.3 is 0 Å². The molecule has 0 aliphatic carbocycles. The molecule has 112 valence electrons. The predicted molar refractivity (Wildman–Crippen MR) is 82.5 cm³/mol. The molecule has 0 bridgehead atoms. The lowest BCUT2D eigenvalue weighted by Gasteiger charge is -2.35. The molecule has 1 atom stereocenters. The van der Waals surface area contributed by atoms with Crippen molar-refractivity contribution in [1.82, 2.24) is 4.72 Å². The van der Waals surface area contributed by atoms with Crippen LogP contribution in [0.15, 0.2) is 27.6 Å². The highest BCUT2D eigenvalue weighted by atomic mass is 79.9. The Morgan fingerprint density at radius 3 is 2.75 bits per heavy atom. The first-order valence-corrected chi connectivity index (χ1v) is 8.96. The maximum Gasteiger partial charge on any atom is 0.240 e. The predicted octanol–water partition coefficient (Wildman–Crippen LogP) is 3.34. The molecule has 1 heterocycles. The monoisotopic (exact) mass is 381 g/mol. The maximum absolute atomic E-state index is 12.4. The minimum absolute atomic E-state index is 0.113. The third-order valence-electron chi connectivity index (χ3n) is 3.22. The fourth-order valence-corrected chi connectivity index (χ4v) is 4.21. The molecule has 0 spiro atoms. The van der Waals surface area contributed by atoms with Crippen LogP contribution in [-0.4, -0.2) is 26.7 Å². The van der Waals surface area contributed by atoms with E-state index in [2.05, 4.69) is 20.7 Å². The van der Waals surface area contributed by atoms with Crippen LogP contribution in [0.2, 0.25) is 5.02 Å². The van der Waals surface area contributed by atoms with E-state index in [1.807, 2.05) is 13.8 Å². The highest BCUT2D eigenvalue weighted by Gasteiger charge is 2.31. The number of nitrogens with one attached hydrogen (secondary N) is 1. The Morgan fingerprint density at radius 1 is 1.45 bits per heavy atom. The standard InChI is InChI=1S/C13H17BrClNO3S/c1-13(2)8-9(5-6-19-13)16-20(17,18)10-3-4-12(15)11(14)7-10/h3-4,7,9,16H,5-6,8H2,1-2H3. The summed E-state index contributed by atoms with van der Waals surface area (Å²) >= 11 is 9.12. The van der Waals surface area contributed by atoms with Crippen molar-refractivity contribution in [3.63, 3.8) is 0 Å². The summed E-state index contributed by atoms with van der Waals surface area (Å²) in [6, 6.07) is 4.46. The first-order chi connectivity index (χ1) is 9.20. The van der Waals surface area contributed by atoms with Crippen molar-refractivity contribution in [2.45, 2.75) is 43.2 Å². The Kier molecular flexibility index (Phi) is 4.81.